The zero-order valence-electron chi connectivity index (χ0n) is 15.0. The highest BCUT2D eigenvalue weighted by molar-refractivity contribution is 6.03. The molecule has 3 rings (SSSR count). The molecule has 2 amide bonds. The van der Waals surface area contributed by atoms with Crippen LogP contribution in [-0.2, 0) is 11.0 Å². The van der Waals surface area contributed by atoms with Crippen LogP contribution in [0.3, 0.4) is 0 Å². The van der Waals surface area contributed by atoms with Gasteiger partial charge in [0.25, 0.3) is 5.91 Å². The van der Waals surface area contributed by atoms with E-state index in [1.54, 1.807) is 11.8 Å². The van der Waals surface area contributed by atoms with Gasteiger partial charge in [-0.05, 0) is 25.1 Å². The first-order valence-corrected chi connectivity index (χ1v) is 8.55. The van der Waals surface area contributed by atoms with Crippen molar-refractivity contribution in [1.82, 2.24) is 14.9 Å². The molecular weight excluding hydrogens is 375 g/mol. The molecule has 1 fully saturated rings. The van der Waals surface area contributed by atoms with Gasteiger partial charge in [0.05, 0.1) is 11.3 Å². The Morgan fingerprint density at radius 1 is 1.14 bits per heavy atom. The Morgan fingerprint density at radius 3 is 2.46 bits per heavy atom. The monoisotopic (exact) mass is 393 g/mol. The normalized spacial score (nSPS) is 14.7. The summed E-state index contributed by atoms with van der Waals surface area (Å²) in [4.78, 5) is 35.3. The minimum absolute atomic E-state index is 0.0303. The summed E-state index contributed by atoms with van der Waals surface area (Å²) in [6.45, 7) is 3.68. The number of nitrogens with one attached hydrogen (secondary N) is 1. The van der Waals surface area contributed by atoms with E-state index in [2.05, 4.69) is 15.3 Å². The molecule has 148 valence electrons. The number of halogens is 3. The van der Waals surface area contributed by atoms with E-state index in [1.807, 2.05) is 4.90 Å². The maximum atomic E-state index is 13.1. The van der Waals surface area contributed by atoms with Crippen LogP contribution in [-0.4, -0.2) is 53.4 Å². The second kappa shape index (κ2) is 7.83. The van der Waals surface area contributed by atoms with E-state index in [0.29, 0.717) is 37.8 Å². The molecule has 1 N–H and O–H groups in total. The van der Waals surface area contributed by atoms with Crippen LogP contribution in [0.5, 0.6) is 0 Å². The lowest BCUT2D eigenvalue weighted by molar-refractivity contribution is -0.136. The van der Waals surface area contributed by atoms with Crippen LogP contribution in [0.1, 0.15) is 21.7 Å². The summed E-state index contributed by atoms with van der Waals surface area (Å²) in [7, 11) is 0. The van der Waals surface area contributed by atoms with Crippen LogP contribution in [0, 0.1) is 6.92 Å². The number of aryl methyl sites for hydroxylation is 1. The van der Waals surface area contributed by atoms with Crippen molar-refractivity contribution in [2.45, 2.75) is 13.1 Å². The second-order valence-corrected chi connectivity index (χ2v) is 6.32. The van der Waals surface area contributed by atoms with Crippen molar-refractivity contribution in [3.05, 3.63) is 47.3 Å². The van der Waals surface area contributed by atoms with Crippen molar-refractivity contribution in [1.29, 1.82) is 0 Å². The highest BCUT2D eigenvalue weighted by Gasteiger charge is 2.33. The topological polar surface area (TPSA) is 78.4 Å². The molecule has 2 aromatic rings. The lowest BCUT2D eigenvalue weighted by atomic mass is 10.1. The van der Waals surface area contributed by atoms with Crippen LogP contribution in [0.2, 0.25) is 0 Å². The molecule has 0 spiro atoms. The van der Waals surface area contributed by atoms with Crippen molar-refractivity contribution < 1.29 is 22.8 Å². The number of anilines is 2. The van der Waals surface area contributed by atoms with Crippen molar-refractivity contribution in [3.8, 4) is 0 Å². The van der Waals surface area contributed by atoms with Gasteiger partial charge in [-0.3, -0.25) is 9.59 Å². The largest absolute Gasteiger partial charge is 0.418 e. The predicted octanol–water partition coefficient (Wildman–Crippen LogP) is 2.33. The number of para-hydroxylation sites is 1. The maximum absolute atomic E-state index is 13.1. The van der Waals surface area contributed by atoms with Gasteiger partial charge in [0.1, 0.15) is 5.69 Å². The molecule has 1 aromatic heterocycles. The van der Waals surface area contributed by atoms with E-state index in [0.717, 1.165) is 12.5 Å². The molecule has 0 unspecified atom stereocenters. The Hall–Kier alpha value is -3.17. The Kier molecular flexibility index (Phi) is 5.48. The number of carbonyl (C=O) groups is 2. The summed E-state index contributed by atoms with van der Waals surface area (Å²) in [5.74, 6) is -0.449. The predicted molar refractivity (Wildman–Crippen MR) is 96.0 cm³/mol. The van der Waals surface area contributed by atoms with E-state index in [-0.39, 0.29) is 11.4 Å². The lowest BCUT2D eigenvalue weighted by Crippen LogP contribution is -2.46. The van der Waals surface area contributed by atoms with Gasteiger partial charge < -0.3 is 15.1 Å². The second-order valence-electron chi connectivity index (χ2n) is 6.32. The molecule has 1 saturated heterocycles. The fourth-order valence-corrected chi connectivity index (χ4v) is 2.86. The fourth-order valence-electron chi connectivity index (χ4n) is 2.86. The van der Waals surface area contributed by atoms with Crippen LogP contribution >= 0.6 is 0 Å². The van der Waals surface area contributed by atoms with Crippen molar-refractivity contribution >= 4 is 24.0 Å². The Bertz CT molecular complexity index is 880. The van der Waals surface area contributed by atoms with Gasteiger partial charge >= 0.3 is 6.18 Å². The molecule has 28 heavy (non-hydrogen) atoms. The minimum Gasteiger partial charge on any atom is -0.342 e. The van der Waals surface area contributed by atoms with Crippen molar-refractivity contribution in [2.24, 2.45) is 0 Å². The summed E-state index contributed by atoms with van der Waals surface area (Å²) in [5.41, 5.74) is -0.786. The number of rotatable bonds is 4. The smallest absolute Gasteiger partial charge is 0.342 e. The van der Waals surface area contributed by atoms with Gasteiger partial charge in [0, 0.05) is 31.9 Å². The van der Waals surface area contributed by atoms with Gasteiger partial charge in [-0.1, -0.05) is 12.1 Å². The van der Waals surface area contributed by atoms with Gasteiger partial charge in [-0.2, -0.15) is 13.2 Å². The number of nitrogens with zero attached hydrogens (tertiary/aromatic N) is 4. The van der Waals surface area contributed by atoms with E-state index in [1.165, 1.54) is 24.3 Å². The number of benzene rings is 1. The van der Waals surface area contributed by atoms with E-state index in [9.17, 15) is 22.8 Å². The molecule has 10 heteroatoms. The average molecular weight is 393 g/mol. The van der Waals surface area contributed by atoms with Crippen LogP contribution in [0.25, 0.3) is 0 Å². The van der Waals surface area contributed by atoms with E-state index < -0.39 is 17.6 Å². The quantitative estimate of drug-likeness (QED) is 0.807. The molecule has 1 aromatic carbocycles. The highest BCUT2D eigenvalue weighted by atomic mass is 19.4. The van der Waals surface area contributed by atoms with Crippen LogP contribution in [0.4, 0.5) is 24.8 Å². The third-order valence-corrected chi connectivity index (χ3v) is 4.30. The van der Waals surface area contributed by atoms with Gasteiger partial charge in [0.15, 0.2) is 0 Å². The third kappa shape index (κ3) is 4.38. The number of carbonyl (C=O) groups excluding carboxylic acids is 2. The first-order valence-electron chi connectivity index (χ1n) is 8.55. The molecular formula is C18H18F3N5O2. The lowest BCUT2D eigenvalue weighted by Gasteiger charge is -2.32. The first kappa shape index (κ1) is 19.6. The van der Waals surface area contributed by atoms with Gasteiger partial charge in [-0.25, -0.2) is 9.97 Å². The van der Waals surface area contributed by atoms with Crippen molar-refractivity contribution in [2.75, 3.05) is 36.4 Å². The summed E-state index contributed by atoms with van der Waals surface area (Å²) in [6.07, 6.45) is -3.82. The van der Waals surface area contributed by atoms with Crippen LogP contribution < -0.4 is 10.2 Å². The fraction of sp³-hybridized carbons (Fsp3) is 0.333. The summed E-state index contributed by atoms with van der Waals surface area (Å²) < 4.78 is 39.4. The maximum Gasteiger partial charge on any atom is 0.418 e. The Balaban J connectivity index is 1.82. The molecule has 1 aliphatic heterocycles. The van der Waals surface area contributed by atoms with Crippen molar-refractivity contribution in [3.63, 3.8) is 0 Å². The van der Waals surface area contributed by atoms with E-state index >= 15 is 0 Å². The number of piperazine rings is 1. The van der Waals surface area contributed by atoms with Crippen LogP contribution in [0.15, 0.2) is 30.3 Å². The minimum atomic E-state index is -4.59. The molecule has 1 aliphatic rings. The molecule has 7 nitrogen and oxygen atoms in total. The van der Waals surface area contributed by atoms with E-state index in [4.69, 9.17) is 0 Å². The first-order chi connectivity index (χ1) is 13.3. The summed E-state index contributed by atoms with van der Waals surface area (Å²) in [5, 5.41) is 2.28. The number of hydrogen-bond acceptors (Lipinski definition) is 5. The van der Waals surface area contributed by atoms with Gasteiger partial charge in [-0.15, -0.1) is 0 Å². The average Bonchev–Trinajstić information content (AvgIpc) is 2.67. The summed E-state index contributed by atoms with van der Waals surface area (Å²) >= 11 is 0. The molecule has 2 heterocycles. The third-order valence-electron chi connectivity index (χ3n) is 4.30. The Morgan fingerprint density at radius 2 is 1.82 bits per heavy atom. The highest BCUT2D eigenvalue weighted by Crippen LogP contribution is 2.34. The molecule has 0 radical (unpaired) electrons. The number of aromatic nitrogens is 2. The zero-order chi connectivity index (χ0) is 20.3. The van der Waals surface area contributed by atoms with Gasteiger partial charge in [0.2, 0.25) is 12.4 Å². The summed E-state index contributed by atoms with van der Waals surface area (Å²) in [6, 6.07) is 6.17. The molecule has 0 aliphatic carbocycles. The standard InChI is InChI=1S/C18H18F3N5O2/c1-12-10-15(24-17(22-12)26-8-6-25(11-27)7-9-26)16(28)23-14-5-3-2-4-13(14)18(19,20)21/h2-5,10-11H,6-9H2,1H3,(H,23,28). The molecule has 0 saturated carbocycles. The Labute approximate surface area is 159 Å². The SMILES string of the molecule is Cc1cc(C(=O)Nc2ccccc2C(F)(F)F)nc(N2CCN(C=O)CC2)n1. The number of alkyl halides is 3. The number of hydrogen-bond donors (Lipinski definition) is 1. The number of amides is 2. The molecule has 0 bridgehead atoms. The molecule has 0 atom stereocenters. The zero-order valence-corrected chi connectivity index (χ0v) is 15.0.